The minimum atomic E-state index is 0.642. The molecule has 2 rings (SSSR count). The predicted octanol–water partition coefficient (Wildman–Crippen LogP) is 4.61. The minimum Gasteiger partial charge on any atom is -0.494 e. The molecule has 0 spiro atoms. The lowest BCUT2D eigenvalue weighted by atomic mass is 10.2. The summed E-state index contributed by atoms with van der Waals surface area (Å²) in [5, 5.41) is 0. The number of nitrogens with zero attached hydrogens (tertiary/aromatic N) is 1. The Morgan fingerprint density at radius 2 is 1.76 bits per heavy atom. The van der Waals surface area contributed by atoms with Crippen molar-refractivity contribution in [2.75, 3.05) is 23.8 Å². The van der Waals surface area contributed by atoms with Crippen LogP contribution in [-0.2, 0) is 0 Å². The molecule has 2 aromatic rings. The molecule has 0 aromatic heterocycles. The van der Waals surface area contributed by atoms with Gasteiger partial charge in [-0.3, -0.25) is 0 Å². The fourth-order valence-electron chi connectivity index (χ4n) is 2.34. The molecule has 0 saturated heterocycles. The Balaban J connectivity index is 2.36. The number of rotatable bonds is 7. The smallest absolute Gasteiger partial charge is 0.123 e. The van der Waals surface area contributed by atoms with Gasteiger partial charge in [0.15, 0.2) is 0 Å². The van der Waals surface area contributed by atoms with Gasteiger partial charge in [0, 0.05) is 35.7 Å². The van der Waals surface area contributed by atoms with Crippen molar-refractivity contribution in [1.82, 2.24) is 0 Å². The maximum atomic E-state index is 6.03. The maximum absolute atomic E-state index is 6.03. The fourth-order valence-corrected chi connectivity index (χ4v) is 2.34. The first-order valence-electron chi connectivity index (χ1n) is 7.60. The first-order valence-corrected chi connectivity index (χ1v) is 7.60. The van der Waals surface area contributed by atoms with Crippen LogP contribution in [0.15, 0.2) is 48.5 Å². The maximum Gasteiger partial charge on any atom is 0.123 e. The zero-order valence-electron chi connectivity index (χ0n) is 12.9. The number of ether oxygens (including phenoxy) is 1. The molecule has 0 aliphatic carbocycles. The van der Waals surface area contributed by atoms with Gasteiger partial charge < -0.3 is 15.4 Å². The van der Waals surface area contributed by atoms with Gasteiger partial charge in [-0.15, -0.1) is 0 Å². The van der Waals surface area contributed by atoms with Gasteiger partial charge in [0.25, 0.3) is 0 Å². The van der Waals surface area contributed by atoms with Crippen LogP contribution in [0.4, 0.5) is 17.1 Å². The number of hydrogen-bond donors (Lipinski definition) is 1. The van der Waals surface area contributed by atoms with Crippen molar-refractivity contribution >= 4 is 17.1 Å². The molecule has 0 radical (unpaired) electrons. The zero-order valence-corrected chi connectivity index (χ0v) is 12.9. The molecule has 0 fully saturated rings. The third-order valence-electron chi connectivity index (χ3n) is 3.34. The molecule has 0 heterocycles. The van der Waals surface area contributed by atoms with E-state index in [1.165, 1.54) is 5.69 Å². The van der Waals surface area contributed by atoms with E-state index in [9.17, 15) is 0 Å². The van der Waals surface area contributed by atoms with E-state index in [0.29, 0.717) is 6.61 Å². The molecule has 0 saturated carbocycles. The van der Waals surface area contributed by atoms with Crippen LogP contribution in [0.5, 0.6) is 5.75 Å². The van der Waals surface area contributed by atoms with Gasteiger partial charge in [0.05, 0.1) is 6.61 Å². The predicted molar refractivity (Wildman–Crippen MR) is 90.4 cm³/mol. The van der Waals surface area contributed by atoms with Gasteiger partial charge in [0.2, 0.25) is 0 Å². The summed E-state index contributed by atoms with van der Waals surface area (Å²) in [5.74, 6) is 0.824. The molecule has 2 N–H and O–H groups in total. The summed E-state index contributed by atoms with van der Waals surface area (Å²) >= 11 is 0. The van der Waals surface area contributed by atoms with Crippen molar-refractivity contribution in [1.29, 1.82) is 0 Å². The Labute approximate surface area is 127 Å². The summed E-state index contributed by atoms with van der Waals surface area (Å²) in [5.41, 5.74) is 9.02. The first-order chi connectivity index (χ1) is 10.2. The highest BCUT2D eigenvalue weighted by Gasteiger charge is 2.10. The Morgan fingerprint density at radius 3 is 2.43 bits per heavy atom. The van der Waals surface area contributed by atoms with E-state index >= 15 is 0 Å². The molecule has 0 aliphatic heterocycles. The highest BCUT2D eigenvalue weighted by molar-refractivity contribution is 5.68. The Bertz CT molecular complexity index is 554. The van der Waals surface area contributed by atoms with Crippen LogP contribution in [0.25, 0.3) is 0 Å². The number of nitrogens with two attached hydrogens (primary N) is 1. The second-order valence-electron chi connectivity index (χ2n) is 5.03. The summed E-state index contributed by atoms with van der Waals surface area (Å²) in [4.78, 5) is 2.29. The van der Waals surface area contributed by atoms with E-state index in [2.05, 4.69) is 42.2 Å². The van der Waals surface area contributed by atoms with Gasteiger partial charge in [-0.2, -0.15) is 0 Å². The zero-order chi connectivity index (χ0) is 15.1. The van der Waals surface area contributed by atoms with Gasteiger partial charge >= 0.3 is 0 Å². The summed E-state index contributed by atoms with van der Waals surface area (Å²) in [6.45, 7) is 5.79. The molecule has 0 amide bonds. The average Bonchev–Trinajstić information content (AvgIpc) is 2.48. The monoisotopic (exact) mass is 284 g/mol. The largest absolute Gasteiger partial charge is 0.494 e. The third kappa shape index (κ3) is 4.15. The molecule has 112 valence electrons. The molecule has 0 aliphatic rings. The van der Waals surface area contributed by atoms with Gasteiger partial charge in [-0.25, -0.2) is 0 Å². The molecule has 2 aromatic carbocycles. The number of para-hydroxylation sites is 1. The summed E-state index contributed by atoms with van der Waals surface area (Å²) in [6, 6.07) is 16.3. The molecule has 0 bridgehead atoms. The van der Waals surface area contributed by atoms with E-state index < -0.39 is 0 Å². The number of unbranched alkanes of at least 4 members (excludes halogenated alkanes) is 1. The highest BCUT2D eigenvalue weighted by atomic mass is 16.5. The molecule has 3 heteroatoms. The lowest BCUT2D eigenvalue weighted by Crippen LogP contribution is -2.18. The van der Waals surface area contributed by atoms with Crippen molar-refractivity contribution < 1.29 is 4.74 Å². The lowest BCUT2D eigenvalue weighted by Gasteiger charge is -2.25. The number of nitrogen functional groups attached to an aromatic ring is 1. The van der Waals surface area contributed by atoms with Crippen LogP contribution in [0, 0.1) is 0 Å². The van der Waals surface area contributed by atoms with Crippen molar-refractivity contribution in [2.45, 2.75) is 26.7 Å². The number of anilines is 3. The van der Waals surface area contributed by atoms with Crippen LogP contribution in [0.1, 0.15) is 26.7 Å². The van der Waals surface area contributed by atoms with Gasteiger partial charge in [-0.1, -0.05) is 31.5 Å². The second-order valence-corrected chi connectivity index (χ2v) is 5.03. The minimum absolute atomic E-state index is 0.642. The standard InChI is InChI=1S/C18H24N2O/c1-3-5-11-20(16-9-7-6-8-10-16)17-12-15(19)13-18(14-17)21-4-2/h6-10,12-14H,3-5,11,19H2,1-2H3. The normalized spacial score (nSPS) is 10.4. The average molecular weight is 284 g/mol. The van der Waals surface area contributed by atoms with Crippen molar-refractivity contribution in [3.8, 4) is 5.75 Å². The Kier molecular flexibility index (Phi) is 5.50. The van der Waals surface area contributed by atoms with Crippen LogP contribution in [0.2, 0.25) is 0 Å². The fraction of sp³-hybridized carbons (Fsp3) is 0.333. The van der Waals surface area contributed by atoms with Gasteiger partial charge in [-0.05, 0) is 31.5 Å². The quantitative estimate of drug-likeness (QED) is 0.755. The summed E-state index contributed by atoms with van der Waals surface area (Å²) in [6.07, 6.45) is 2.29. The van der Waals surface area contributed by atoms with E-state index in [1.807, 2.05) is 25.1 Å². The molecule has 0 unspecified atom stereocenters. The van der Waals surface area contributed by atoms with Crippen molar-refractivity contribution in [3.63, 3.8) is 0 Å². The molecular weight excluding hydrogens is 260 g/mol. The summed E-state index contributed by atoms with van der Waals surface area (Å²) < 4.78 is 5.61. The van der Waals surface area contributed by atoms with E-state index in [1.54, 1.807) is 0 Å². The lowest BCUT2D eigenvalue weighted by molar-refractivity contribution is 0.340. The van der Waals surface area contributed by atoms with E-state index in [4.69, 9.17) is 10.5 Å². The molecular formula is C18H24N2O. The highest BCUT2D eigenvalue weighted by Crippen LogP contribution is 2.31. The SMILES string of the molecule is CCCCN(c1ccccc1)c1cc(N)cc(OCC)c1. The van der Waals surface area contributed by atoms with Crippen molar-refractivity contribution in [2.24, 2.45) is 0 Å². The van der Waals surface area contributed by atoms with E-state index in [-0.39, 0.29) is 0 Å². The van der Waals surface area contributed by atoms with Crippen LogP contribution >= 0.6 is 0 Å². The molecule has 0 atom stereocenters. The third-order valence-corrected chi connectivity index (χ3v) is 3.34. The Morgan fingerprint density at radius 1 is 1.00 bits per heavy atom. The topological polar surface area (TPSA) is 38.5 Å². The van der Waals surface area contributed by atoms with Gasteiger partial charge in [0.1, 0.15) is 5.75 Å². The number of hydrogen-bond acceptors (Lipinski definition) is 3. The van der Waals surface area contributed by atoms with Crippen molar-refractivity contribution in [3.05, 3.63) is 48.5 Å². The first kappa shape index (κ1) is 15.2. The summed E-state index contributed by atoms with van der Waals surface area (Å²) in [7, 11) is 0. The number of benzene rings is 2. The second kappa shape index (κ2) is 7.58. The van der Waals surface area contributed by atoms with Crippen LogP contribution in [-0.4, -0.2) is 13.2 Å². The molecule has 3 nitrogen and oxygen atoms in total. The molecule has 21 heavy (non-hydrogen) atoms. The Hall–Kier alpha value is -2.16. The van der Waals surface area contributed by atoms with Crippen LogP contribution < -0.4 is 15.4 Å². The van der Waals surface area contributed by atoms with Crippen LogP contribution in [0.3, 0.4) is 0 Å². The van der Waals surface area contributed by atoms with E-state index in [0.717, 1.165) is 36.5 Å².